The Morgan fingerprint density at radius 2 is 1.75 bits per heavy atom. The van der Waals surface area contributed by atoms with E-state index in [4.69, 9.17) is 0 Å². The van der Waals surface area contributed by atoms with Crippen LogP contribution in [0.25, 0.3) is 0 Å². The van der Waals surface area contributed by atoms with Gasteiger partial charge in [-0.2, -0.15) is 0 Å². The Hall–Kier alpha value is -2.94. The smallest absolute Gasteiger partial charge is 0.254 e. The molecule has 1 aliphatic carbocycles. The molecule has 0 fully saturated rings. The van der Waals surface area contributed by atoms with Crippen LogP contribution in [0.4, 0.5) is 0 Å². The van der Waals surface area contributed by atoms with Crippen molar-refractivity contribution in [2.75, 3.05) is 0 Å². The maximum absolute atomic E-state index is 12.5. The van der Waals surface area contributed by atoms with Crippen LogP contribution in [-0.2, 0) is 5.54 Å². The lowest BCUT2D eigenvalue weighted by atomic mass is 9.87. The molecule has 5 rings (SSSR count). The van der Waals surface area contributed by atoms with Crippen molar-refractivity contribution in [2.24, 2.45) is 0 Å². The van der Waals surface area contributed by atoms with Crippen molar-refractivity contribution >= 4 is 5.91 Å². The minimum atomic E-state index is -0.509. The van der Waals surface area contributed by atoms with Gasteiger partial charge in [-0.3, -0.25) is 9.78 Å². The molecule has 24 heavy (non-hydrogen) atoms. The highest BCUT2D eigenvalue weighted by Gasteiger charge is 2.52. The monoisotopic (exact) mass is 312 g/mol. The van der Waals surface area contributed by atoms with Crippen LogP contribution < -0.4 is 5.32 Å². The number of hydrogen-bond acceptors (Lipinski definition) is 2. The average Bonchev–Trinajstić information content (AvgIpc) is 3.13. The third kappa shape index (κ3) is 1.67. The Kier molecular flexibility index (Phi) is 2.69. The van der Waals surface area contributed by atoms with Gasteiger partial charge in [0.2, 0.25) is 0 Å². The Morgan fingerprint density at radius 3 is 2.62 bits per heavy atom. The number of aromatic nitrogens is 1. The Morgan fingerprint density at radius 1 is 0.958 bits per heavy atom. The van der Waals surface area contributed by atoms with Crippen molar-refractivity contribution in [1.82, 2.24) is 10.3 Å². The molecule has 0 radical (unpaired) electrons. The number of nitrogens with one attached hydrogen (secondary N) is 1. The summed E-state index contributed by atoms with van der Waals surface area (Å²) in [4.78, 5) is 17.1. The minimum Gasteiger partial charge on any atom is -0.337 e. The topological polar surface area (TPSA) is 42.0 Å². The lowest BCUT2D eigenvalue weighted by Gasteiger charge is -2.26. The summed E-state index contributed by atoms with van der Waals surface area (Å²) in [6, 6.07) is 22.6. The zero-order valence-corrected chi connectivity index (χ0v) is 13.1. The van der Waals surface area contributed by atoms with E-state index >= 15 is 0 Å². The maximum Gasteiger partial charge on any atom is 0.254 e. The molecule has 0 unspecified atom stereocenters. The summed E-state index contributed by atoms with van der Waals surface area (Å²) >= 11 is 0. The molecule has 3 nitrogen and oxygen atoms in total. The number of nitrogens with zero attached hydrogens (tertiary/aromatic N) is 1. The number of amides is 1. The van der Waals surface area contributed by atoms with Crippen LogP contribution in [0.3, 0.4) is 0 Å². The van der Waals surface area contributed by atoms with Gasteiger partial charge in [-0.05, 0) is 35.2 Å². The average molecular weight is 312 g/mol. The van der Waals surface area contributed by atoms with Crippen molar-refractivity contribution in [3.63, 3.8) is 0 Å². The first kappa shape index (κ1) is 13.5. The number of rotatable bonds is 1. The van der Waals surface area contributed by atoms with Gasteiger partial charge in [0, 0.05) is 12.1 Å². The largest absolute Gasteiger partial charge is 0.337 e. The molecule has 116 valence electrons. The highest BCUT2D eigenvalue weighted by molar-refractivity contribution is 6.00. The van der Waals surface area contributed by atoms with Crippen molar-refractivity contribution < 1.29 is 4.79 Å². The SMILES string of the molecule is O=C1N[C@]2(C[C@H](c3ccccc3)c3ccccc32)c2ncccc21. The second-order valence-corrected chi connectivity index (χ2v) is 6.51. The summed E-state index contributed by atoms with van der Waals surface area (Å²) in [5.74, 6) is 0.234. The third-order valence-corrected chi connectivity index (χ3v) is 5.29. The van der Waals surface area contributed by atoms with E-state index in [0.717, 1.165) is 12.1 Å². The molecule has 1 aliphatic heterocycles. The molecular formula is C21H16N2O. The van der Waals surface area contributed by atoms with Crippen LogP contribution in [0.15, 0.2) is 72.9 Å². The number of pyridine rings is 1. The van der Waals surface area contributed by atoms with E-state index in [1.807, 2.05) is 24.3 Å². The fraction of sp³-hybridized carbons (Fsp3) is 0.143. The van der Waals surface area contributed by atoms with Gasteiger partial charge in [0.15, 0.2) is 0 Å². The first-order chi connectivity index (χ1) is 11.8. The van der Waals surface area contributed by atoms with Gasteiger partial charge < -0.3 is 5.32 Å². The second kappa shape index (κ2) is 4.78. The lowest BCUT2D eigenvalue weighted by Crippen LogP contribution is -2.39. The molecule has 2 aromatic carbocycles. The van der Waals surface area contributed by atoms with Gasteiger partial charge in [0.1, 0.15) is 5.54 Å². The molecule has 3 heteroatoms. The summed E-state index contributed by atoms with van der Waals surface area (Å²) < 4.78 is 0. The molecule has 1 aromatic heterocycles. The van der Waals surface area contributed by atoms with E-state index in [0.29, 0.717) is 5.56 Å². The van der Waals surface area contributed by atoms with Crippen LogP contribution >= 0.6 is 0 Å². The van der Waals surface area contributed by atoms with E-state index < -0.39 is 5.54 Å². The van der Waals surface area contributed by atoms with Gasteiger partial charge in [0.25, 0.3) is 5.91 Å². The predicted octanol–water partition coefficient (Wildman–Crippen LogP) is 3.60. The zero-order chi connectivity index (χ0) is 16.1. The van der Waals surface area contributed by atoms with E-state index in [1.54, 1.807) is 6.20 Å². The Balaban J connectivity index is 1.75. The van der Waals surface area contributed by atoms with Crippen LogP contribution in [0, 0.1) is 0 Å². The van der Waals surface area contributed by atoms with E-state index in [1.165, 1.54) is 16.7 Å². The molecule has 0 saturated carbocycles. The summed E-state index contributed by atoms with van der Waals surface area (Å²) in [7, 11) is 0. The van der Waals surface area contributed by atoms with Crippen molar-refractivity contribution in [3.8, 4) is 0 Å². The number of fused-ring (bicyclic) bond motifs is 4. The highest BCUT2D eigenvalue weighted by Crippen LogP contribution is 2.52. The summed E-state index contributed by atoms with van der Waals surface area (Å²) in [5, 5.41) is 3.25. The Bertz CT molecular complexity index is 951. The van der Waals surface area contributed by atoms with Crippen LogP contribution in [0.1, 0.15) is 45.1 Å². The molecule has 2 heterocycles. The van der Waals surface area contributed by atoms with Crippen LogP contribution in [0.2, 0.25) is 0 Å². The fourth-order valence-corrected chi connectivity index (χ4v) is 4.29. The number of carbonyl (C=O) groups is 1. The summed E-state index contributed by atoms with van der Waals surface area (Å²) in [6.45, 7) is 0. The van der Waals surface area contributed by atoms with Crippen molar-refractivity contribution in [2.45, 2.75) is 17.9 Å². The lowest BCUT2D eigenvalue weighted by molar-refractivity contribution is 0.0940. The highest BCUT2D eigenvalue weighted by atomic mass is 16.2. The molecule has 3 aromatic rings. The van der Waals surface area contributed by atoms with Gasteiger partial charge in [-0.25, -0.2) is 0 Å². The quantitative estimate of drug-likeness (QED) is 0.746. The first-order valence-corrected chi connectivity index (χ1v) is 8.22. The Labute approximate surface area is 140 Å². The molecule has 1 spiro atoms. The predicted molar refractivity (Wildman–Crippen MR) is 91.8 cm³/mol. The zero-order valence-electron chi connectivity index (χ0n) is 13.1. The number of carbonyl (C=O) groups excluding carboxylic acids is 1. The van der Waals surface area contributed by atoms with Gasteiger partial charge in [-0.1, -0.05) is 54.6 Å². The molecule has 1 N–H and O–H groups in total. The summed E-state index contributed by atoms with van der Waals surface area (Å²) in [6.07, 6.45) is 2.59. The second-order valence-electron chi connectivity index (χ2n) is 6.51. The molecule has 2 aliphatic rings. The third-order valence-electron chi connectivity index (χ3n) is 5.29. The number of benzene rings is 2. The maximum atomic E-state index is 12.5. The van der Waals surface area contributed by atoms with E-state index in [-0.39, 0.29) is 11.8 Å². The molecule has 2 atom stereocenters. The summed E-state index contributed by atoms with van der Waals surface area (Å²) in [5.41, 5.74) is 4.78. The normalized spacial score (nSPS) is 23.8. The van der Waals surface area contributed by atoms with E-state index in [9.17, 15) is 4.79 Å². The van der Waals surface area contributed by atoms with Crippen LogP contribution in [0.5, 0.6) is 0 Å². The van der Waals surface area contributed by atoms with E-state index in [2.05, 4.69) is 52.8 Å². The number of hydrogen-bond donors (Lipinski definition) is 1. The van der Waals surface area contributed by atoms with Crippen LogP contribution in [-0.4, -0.2) is 10.9 Å². The van der Waals surface area contributed by atoms with Crippen molar-refractivity contribution in [3.05, 3.63) is 101 Å². The van der Waals surface area contributed by atoms with Gasteiger partial charge in [0.05, 0.1) is 11.3 Å². The van der Waals surface area contributed by atoms with Crippen molar-refractivity contribution in [1.29, 1.82) is 0 Å². The first-order valence-electron chi connectivity index (χ1n) is 8.22. The molecule has 0 bridgehead atoms. The fourth-order valence-electron chi connectivity index (χ4n) is 4.29. The van der Waals surface area contributed by atoms with Gasteiger partial charge >= 0.3 is 0 Å². The molecular weight excluding hydrogens is 296 g/mol. The minimum absolute atomic E-state index is 0.0263. The van der Waals surface area contributed by atoms with Gasteiger partial charge in [-0.15, -0.1) is 0 Å². The molecule has 0 saturated heterocycles. The standard InChI is InChI=1S/C21H16N2O/c24-20-16-10-6-12-22-19(16)21(23-20)13-17(14-7-2-1-3-8-14)15-9-4-5-11-18(15)21/h1-12,17H,13H2,(H,23,24)/t17-,21+/m1/s1. The molecule has 1 amide bonds.